The zero-order valence-electron chi connectivity index (χ0n) is 13.0. The highest BCUT2D eigenvalue weighted by Crippen LogP contribution is 2.20. The third kappa shape index (κ3) is 9.69. The minimum absolute atomic E-state index is 0.953. The highest BCUT2D eigenvalue weighted by Gasteiger charge is 2.03. The first kappa shape index (κ1) is 18.1. The number of carbonyl (C=O) groups is 1. The Kier molecular flexibility index (Phi) is 13.0. The normalized spacial score (nSPS) is 12.1. The topological polar surface area (TPSA) is 17.1 Å². The number of rotatable bonds is 13. The molecule has 0 atom stereocenters. The minimum Gasteiger partial charge on any atom is -0.298 e. The van der Waals surface area contributed by atoms with Crippen molar-refractivity contribution in [1.82, 2.24) is 0 Å². The first-order valence-electron chi connectivity index (χ1n) is 8.07. The van der Waals surface area contributed by atoms with Crippen molar-refractivity contribution in [2.24, 2.45) is 0 Å². The molecule has 0 N–H and O–H groups in total. The van der Waals surface area contributed by atoms with E-state index in [-0.39, 0.29) is 0 Å². The number of unbranched alkanes of at least 4 members (excludes halogenated alkanes) is 6. The van der Waals surface area contributed by atoms with Gasteiger partial charge < -0.3 is 0 Å². The average molecular weight is 264 g/mol. The summed E-state index contributed by atoms with van der Waals surface area (Å²) in [5, 5.41) is 0. The SMILES string of the molecule is C=CCCCCCCCC/C(CC)=C(\C=O)CCC. The summed E-state index contributed by atoms with van der Waals surface area (Å²) < 4.78 is 0. The van der Waals surface area contributed by atoms with E-state index < -0.39 is 0 Å². The first-order chi connectivity index (χ1) is 9.29. The Labute approximate surface area is 120 Å². The van der Waals surface area contributed by atoms with Crippen LogP contribution in [0.25, 0.3) is 0 Å². The van der Waals surface area contributed by atoms with Crippen molar-refractivity contribution in [1.29, 1.82) is 0 Å². The Hall–Kier alpha value is -0.850. The molecule has 0 aliphatic heterocycles. The van der Waals surface area contributed by atoms with Crippen molar-refractivity contribution < 1.29 is 4.79 Å². The van der Waals surface area contributed by atoms with E-state index in [4.69, 9.17) is 0 Å². The lowest BCUT2D eigenvalue weighted by atomic mass is 9.97. The van der Waals surface area contributed by atoms with Gasteiger partial charge in [0, 0.05) is 0 Å². The highest BCUT2D eigenvalue weighted by molar-refractivity contribution is 5.74. The molecule has 1 nitrogen and oxygen atoms in total. The molecule has 0 aliphatic carbocycles. The predicted octanol–water partition coefficient (Wildman–Crippen LogP) is 6.00. The number of allylic oxidation sites excluding steroid dienone is 3. The average Bonchev–Trinajstić information content (AvgIpc) is 2.44. The molecule has 19 heavy (non-hydrogen) atoms. The number of hydrogen-bond acceptors (Lipinski definition) is 1. The van der Waals surface area contributed by atoms with Gasteiger partial charge in [-0.05, 0) is 44.1 Å². The fourth-order valence-electron chi connectivity index (χ4n) is 2.49. The number of hydrogen-bond donors (Lipinski definition) is 0. The lowest BCUT2D eigenvalue weighted by Gasteiger charge is -2.09. The van der Waals surface area contributed by atoms with Crippen LogP contribution in [0.3, 0.4) is 0 Å². The largest absolute Gasteiger partial charge is 0.298 e. The molecule has 1 heteroatoms. The second kappa shape index (κ2) is 13.6. The molecular weight excluding hydrogens is 232 g/mol. The number of carbonyl (C=O) groups excluding carboxylic acids is 1. The maximum absolute atomic E-state index is 11.1. The van der Waals surface area contributed by atoms with Gasteiger partial charge in [0.1, 0.15) is 6.29 Å². The van der Waals surface area contributed by atoms with E-state index in [1.165, 1.54) is 44.1 Å². The van der Waals surface area contributed by atoms with Gasteiger partial charge in [0.15, 0.2) is 0 Å². The first-order valence-corrected chi connectivity index (χ1v) is 8.07. The molecule has 0 rings (SSSR count). The maximum atomic E-state index is 11.1. The summed E-state index contributed by atoms with van der Waals surface area (Å²) in [5.41, 5.74) is 2.46. The van der Waals surface area contributed by atoms with Gasteiger partial charge >= 0.3 is 0 Å². The molecule has 0 saturated carbocycles. The van der Waals surface area contributed by atoms with Gasteiger partial charge in [0.25, 0.3) is 0 Å². The Morgan fingerprint density at radius 1 is 0.947 bits per heavy atom. The zero-order chi connectivity index (χ0) is 14.3. The highest BCUT2D eigenvalue weighted by atomic mass is 16.1. The van der Waals surface area contributed by atoms with E-state index in [1.807, 2.05) is 6.08 Å². The Morgan fingerprint density at radius 2 is 1.58 bits per heavy atom. The van der Waals surface area contributed by atoms with E-state index in [2.05, 4.69) is 20.4 Å². The van der Waals surface area contributed by atoms with Crippen molar-refractivity contribution in [2.75, 3.05) is 0 Å². The van der Waals surface area contributed by atoms with Gasteiger partial charge in [0.2, 0.25) is 0 Å². The van der Waals surface area contributed by atoms with E-state index in [1.54, 1.807) is 0 Å². The van der Waals surface area contributed by atoms with Crippen LogP contribution in [0.1, 0.15) is 84.5 Å². The Bertz CT molecular complexity index is 263. The molecule has 0 radical (unpaired) electrons. The van der Waals surface area contributed by atoms with Crippen molar-refractivity contribution in [3.8, 4) is 0 Å². The summed E-state index contributed by atoms with van der Waals surface area (Å²) in [6, 6.07) is 0. The van der Waals surface area contributed by atoms with Crippen LogP contribution in [0, 0.1) is 0 Å². The summed E-state index contributed by atoms with van der Waals surface area (Å²) in [6.07, 6.45) is 16.3. The monoisotopic (exact) mass is 264 g/mol. The Morgan fingerprint density at radius 3 is 2.11 bits per heavy atom. The Balaban J connectivity index is 3.77. The second-order valence-corrected chi connectivity index (χ2v) is 5.30. The number of aldehydes is 1. The van der Waals surface area contributed by atoms with Gasteiger partial charge in [-0.25, -0.2) is 0 Å². The van der Waals surface area contributed by atoms with Gasteiger partial charge in [0.05, 0.1) is 0 Å². The summed E-state index contributed by atoms with van der Waals surface area (Å²) in [4.78, 5) is 11.1. The van der Waals surface area contributed by atoms with Gasteiger partial charge in [-0.15, -0.1) is 6.58 Å². The third-order valence-corrected chi connectivity index (χ3v) is 3.68. The summed E-state index contributed by atoms with van der Waals surface area (Å²) in [6.45, 7) is 8.05. The molecule has 0 heterocycles. The summed E-state index contributed by atoms with van der Waals surface area (Å²) >= 11 is 0. The van der Waals surface area contributed by atoms with Gasteiger partial charge in [-0.3, -0.25) is 4.79 Å². The van der Waals surface area contributed by atoms with E-state index in [0.717, 1.165) is 44.0 Å². The van der Waals surface area contributed by atoms with Crippen LogP contribution in [0.2, 0.25) is 0 Å². The van der Waals surface area contributed by atoms with Crippen LogP contribution in [0.5, 0.6) is 0 Å². The molecule has 0 fully saturated rings. The van der Waals surface area contributed by atoms with Gasteiger partial charge in [-0.2, -0.15) is 0 Å². The predicted molar refractivity (Wildman–Crippen MR) is 85.4 cm³/mol. The van der Waals surface area contributed by atoms with Crippen LogP contribution in [-0.4, -0.2) is 6.29 Å². The molecule has 110 valence electrons. The lowest BCUT2D eigenvalue weighted by molar-refractivity contribution is -0.105. The van der Waals surface area contributed by atoms with Crippen LogP contribution in [0.4, 0.5) is 0 Å². The third-order valence-electron chi connectivity index (χ3n) is 3.68. The lowest BCUT2D eigenvalue weighted by Crippen LogP contribution is -1.94. The van der Waals surface area contributed by atoms with Crippen molar-refractivity contribution in [2.45, 2.75) is 84.5 Å². The van der Waals surface area contributed by atoms with Crippen LogP contribution >= 0.6 is 0 Å². The molecular formula is C18H32O. The smallest absolute Gasteiger partial charge is 0.145 e. The van der Waals surface area contributed by atoms with Crippen LogP contribution in [0.15, 0.2) is 23.8 Å². The fourth-order valence-corrected chi connectivity index (χ4v) is 2.49. The van der Waals surface area contributed by atoms with E-state index in [0.29, 0.717) is 0 Å². The van der Waals surface area contributed by atoms with Crippen molar-refractivity contribution >= 4 is 6.29 Å². The standard InChI is InChI=1S/C18H32O/c1-4-7-8-9-10-11-12-13-15-17(6-3)18(16-19)14-5-2/h4,16H,1,5-15H2,2-3H3/b18-17-. The van der Waals surface area contributed by atoms with Crippen molar-refractivity contribution in [3.63, 3.8) is 0 Å². The maximum Gasteiger partial charge on any atom is 0.145 e. The molecule has 0 aromatic carbocycles. The molecule has 0 bridgehead atoms. The van der Waals surface area contributed by atoms with E-state index in [9.17, 15) is 4.79 Å². The van der Waals surface area contributed by atoms with Crippen LogP contribution < -0.4 is 0 Å². The molecule has 0 aliphatic rings. The summed E-state index contributed by atoms with van der Waals surface area (Å²) in [5.74, 6) is 0. The minimum atomic E-state index is 0.953. The molecule has 0 aromatic rings. The van der Waals surface area contributed by atoms with Gasteiger partial charge in [-0.1, -0.05) is 57.6 Å². The molecule has 0 unspecified atom stereocenters. The molecule has 0 amide bonds. The van der Waals surface area contributed by atoms with Crippen LogP contribution in [-0.2, 0) is 4.79 Å². The zero-order valence-corrected chi connectivity index (χ0v) is 13.0. The van der Waals surface area contributed by atoms with Crippen molar-refractivity contribution in [3.05, 3.63) is 23.8 Å². The fraction of sp³-hybridized carbons (Fsp3) is 0.722. The second-order valence-electron chi connectivity index (χ2n) is 5.30. The quantitative estimate of drug-likeness (QED) is 0.172. The molecule has 0 spiro atoms. The van der Waals surface area contributed by atoms with E-state index >= 15 is 0 Å². The summed E-state index contributed by atoms with van der Waals surface area (Å²) in [7, 11) is 0. The molecule has 0 aromatic heterocycles. The molecule has 0 saturated heterocycles.